The zero-order chi connectivity index (χ0) is 13.5. The van der Waals surface area contributed by atoms with Crippen molar-refractivity contribution in [3.8, 4) is 5.75 Å². The third-order valence-electron chi connectivity index (χ3n) is 2.97. The van der Waals surface area contributed by atoms with Gasteiger partial charge in [0.2, 0.25) is 0 Å². The summed E-state index contributed by atoms with van der Waals surface area (Å²) in [6.07, 6.45) is 0.989. The second kappa shape index (κ2) is 7.31. The van der Waals surface area contributed by atoms with Crippen LogP contribution in [0.3, 0.4) is 0 Å². The number of hydrogen-bond donors (Lipinski definition) is 1. The Morgan fingerprint density at radius 2 is 1.95 bits per heavy atom. The SMILES string of the molecule is CCNC(CCOc1ccccc1)c1ccc(C)s1. The molecule has 0 saturated carbocycles. The molecule has 0 amide bonds. The van der Waals surface area contributed by atoms with E-state index in [4.69, 9.17) is 4.74 Å². The van der Waals surface area contributed by atoms with Crippen LogP contribution in [0.1, 0.15) is 29.1 Å². The fraction of sp³-hybridized carbons (Fsp3) is 0.375. The summed E-state index contributed by atoms with van der Waals surface area (Å²) in [6.45, 7) is 6.01. The standard InChI is InChI=1S/C16H21NOS/c1-3-17-15(16-10-9-13(2)19-16)11-12-18-14-7-5-4-6-8-14/h4-10,15,17H,3,11-12H2,1-2H3. The zero-order valence-electron chi connectivity index (χ0n) is 11.6. The van der Waals surface area contributed by atoms with E-state index < -0.39 is 0 Å². The van der Waals surface area contributed by atoms with E-state index in [0.717, 1.165) is 25.3 Å². The van der Waals surface area contributed by atoms with Gasteiger partial charge in [-0.1, -0.05) is 25.1 Å². The number of rotatable bonds is 7. The topological polar surface area (TPSA) is 21.3 Å². The summed E-state index contributed by atoms with van der Waals surface area (Å²) < 4.78 is 5.78. The molecule has 2 nitrogen and oxygen atoms in total. The highest BCUT2D eigenvalue weighted by molar-refractivity contribution is 7.12. The third-order valence-corrected chi connectivity index (χ3v) is 4.09. The first kappa shape index (κ1) is 14.1. The Hall–Kier alpha value is -1.32. The van der Waals surface area contributed by atoms with E-state index in [9.17, 15) is 0 Å². The third kappa shape index (κ3) is 4.37. The molecule has 0 aliphatic rings. The maximum absolute atomic E-state index is 5.78. The summed E-state index contributed by atoms with van der Waals surface area (Å²) in [7, 11) is 0. The fourth-order valence-corrected chi connectivity index (χ4v) is 3.03. The normalized spacial score (nSPS) is 12.3. The van der Waals surface area contributed by atoms with Crippen LogP contribution in [-0.4, -0.2) is 13.2 Å². The molecule has 0 aliphatic carbocycles. The number of ether oxygens (including phenoxy) is 1. The number of thiophene rings is 1. The van der Waals surface area contributed by atoms with Crippen molar-refractivity contribution >= 4 is 11.3 Å². The quantitative estimate of drug-likeness (QED) is 0.818. The molecule has 1 N–H and O–H groups in total. The van der Waals surface area contributed by atoms with Crippen LogP contribution in [-0.2, 0) is 0 Å². The minimum absolute atomic E-state index is 0.396. The fourth-order valence-electron chi connectivity index (χ4n) is 2.04. The van der Waals surface area contributed by atoms with Gasteiger partial charge in [-0.05, 0) is 37.7 Å². The molecule has 0 spiro atoms. The largest absolute Gasteiger partial charge is 0.494 e. The predicted molar refractivity (Wildman–Crippen MR) is 82.0 cm³/mol. The number of aryl methyl sites for hydroxylation is 1. The first-order valence-corrected chi connectivity index (χ1v) is 7.59. The molecule has 0 bridgehead atoms. The maximum atomic E-state index is 5.78. The van der Waals surface area contributed by atoms with Crippen molar-refractivity contribution in [1.82, 2.24) is 5.32 Å². The molecule has 1 aromatic heterocycles. The van der Waals surface area contributed by atoms with Gasteiger partial charge in [0, 0.05) is 22.2 Å². The predicted octanol–water partition coefficient (Wildman–Crippen LogP) is 4.18. The molecule has 1 unspecified atom stereocenters. The zero-order valence-corrected chi connectivity index (χ0v) is 12.4. The van der Waals surface area contributed by atoms with E-state index in [1.807, 2.05) is 41.7 Å². The van der Waals surface area contributed by atoms with Crippen molar-refractivity contribution in [1.29, 1.82) is 0 Å². The number of hydrogen-bond acceptors (Lipinski definition) is 3. The van der Waals surface area contributed by atoms with Crippen LogP contribution in [0.4, 0.5) is 0 Å². The molecule has 1 atom stereocenters. The van der Waals surface area contributed by atoms with Crippen LogP contribution in [0.25, 0.3) is 0 Å². The molecule has 102 valence electrons. The van der Waals surface area contributed by atoms with Crippen LogP contribution >= 0.6 is 11.3 Å². The first-order chi connectivity index (χ1) is 9.29. The molecule has 0 saturated heterocycles. The Labute approximate surface area is 119 Å². The van der Waals surface area contributed by atoms with Gasteiger partial charge in [0.25, 0.3) is 0 Å². The molecule has 0 aliphatic heterocycles. The summed E-state index contributed by atoms with van der Waals surface area (Å²) in [5.41, 5.74) is 0. The highest BCUT2D eigenvalue weighted by atomic mass is 32.1. The van der Waals surface area contributed by atoms with E-state index in [1.165, 1.54) is 9.75 Å². The second-order valence-electron chi connectivity index (χ2n) is 4.51. The molecular weight excluding hydrogens is 254 g/mol. The van der Waals surface area contributed by atoms with Crippen LogP contribution in [0.2, 0.25) is 0 Å². The van der Waals surface area contributed by atoms with Gasteiger partial charge in [-0.3, -0.25) is 0 Å². The summed E-state index contributed by atoms with van der Waals surface area (Å²) in [5.74, 6) is 0.945. The van der Waals surface area contributed by atoms with Crippen molar-refractivity contribution in [2.24, 2.45) is 0 Å². The van der Waals surface area contributed by atoms with Gasteiger partial charge in [-0.2, -0.15) is 0 Å². The molecule has 1 aromatic carbocycles. The molecule has 0 fully saturated rings. The Bertz CT molecular complexity index is 481. The van der Waals surface area contributed by atoms with Crippen molar-refractivity contribution < 1.29 is 4.74 Å². The average Bonchev–Trinajstić information content (AvgIpc) is 2.86. The van der Waals surface area contributed by atoms with E-state index in [2.05, 4.69) is 31.3 Å². The molecule has 1 heterocycles. The van der Waals surface area contributed by atoms with Crippen LogP contribution in [0, 0.1) is 6.92 Å². The number of benzene rings is 1. The minimum atomic E-state index is 0.396. The van der Waals surface area contributed by atoms with Crippen molar-refractivity contribution in [3.05, 3.63) is 52.2 Å². The minimum Gasteiger partial charge on any atom is -0.494 e. The lowest BCUT2D eigenvalue weighted by atomic mass is 10.2. The first-order valence-electron chi connectivity index (χ1n) is 6.77. The smallest absolute Gasteiger partial charge is 0.119 e. The second-order valence-corrected chi connectivity index (χ2v) is 5.83. The van der Waals surface area contributed by atoms with Gasteiger partial charge in [0.05, 0.1) is 6.61 Å². The Kier molecular flexibility index (Phi) is 5.43. The number of nitrogens with one attached hydrogen (secondary N) is 1. The Morgan fingerprint density at radius 3 is 2.58 bits per heavy atom. The average molecular weight is 275 g/mol. The van der Waals surface area contributed by atoms with Crippen LogP contribution in [0.15, 0.2) is 42.5 Å². The van der Waals surface area contributed by atoms with E-state index in [0.29, 0.717) is 6.04 Å². The highest BCUT2D eigenvalue weighted by Gasteiger charge is 2.12. The summed E-state index contributed by atoms with van der Waals surface area (Å²) in [5, 5.41) is 3.53. The summed E-state index contributed by atoms with van der Waals surface area (Å²) >= 11 is 1.86. The van der Waals surface area contributed by atoms with E-state index in [-0.39, 0.29) is 0 Å². The summed E-state index contributed by atoms with van der Waals surface area (Å²) in [6, 6.07) is 14.8. The highest BCUT2D eigenvalue weighted by Crippen LogP contribution is 2.25. The monoisotopic (exact) mass is 275 g/mol. The number of para-hydroxylation sites is 1. The van der Waals surface area contributed by atoms with Gasteiger partial charge in [0.15, 0.2) is 0 Å². The van der Waals surface area contributed by atoms with Crippen molar-refractivity contribution in [2.75, 3.05) is 13.2 Å². The lowest BCUT2D eigenvalue weighted by Crippen LogP contribution is -2.22. The van der Waals surface area contributed by atoms with Gasteiger partial charge in [0.1, 0.15) is 5.75 Å². The Morgan fingerprint density at radius 1 is 1.16 bits per heavy atom. The lowest BCUT2D eigenvalue weighted by Gasteiger charge is -2.16. The van der Waals surface area contributed by atoms with E-state index >= 15 is 0 Å². The van der Waals surface area contributed by atoms with Crippen molar-refractivity contribution in [3.63, 3.8) is 0 Å². The molecule has 2 rings (SSSR count). The Balaban J connectivity index is 1.87. The van der Waals surface area contributed by atoms with Crippen molar-refractivity contribution in [2.45, 2.75) is 26.3 Å². The van der Waals surface area contributed by atoms with E-state index in [1.54, 1.807) is 0 Å². The van der Waals surface area contributed by atoms with Crippen LogP contribution in [0.5, 0.6) is 5.75 Å². The molecule has 2 aromatic rings. The van der Waals surface area contributed by atoms with Crippen LogP contribution < -0.4 is 10.1 Å². The molecule has 0 radical (unpaired) electrons. The van der Waals surface area contributed by atoms with Gasteiger partial charge in [-0.25, -0.2) is 0 Å². The molecular formula is C16H21NOS. The van der Waals surface area contributed by atoms with Gasteiger partial charge < -0.3 is 10.1 Å². The van der Waals surface area contributed by atoms with Gasteiger partial charge >= 0.3 is 0 Å². The van der Waals surface area contributed by atoms with Gasteiger partial charge in [-0.15, -0.1) is 11.3 Å². The summed E-state index contributed by atoms with van der Waals surface area (Å²) in [4.78, 5) is 2.76. The lowest BCUT2D eigenvalue weighted by molar-refractivity contribution is 0.288. The molecule has 19 heavy (non-hydrogen) atoms. The maximum Gasteiger partial charge on any atom is 0.119 e. The molecule has 3 heteroatoms.